The molecule has 1 saturated carbocycles. The number of hydrogen-bond acceptors (Lipinski definition) is 2. The number of ketones is 1. The van der Waals surface area contributed by atoms with Crippen LogP contribution in [0.5, 0.6) is 0 Å². The fourth-order valence-corrected chi connectivity index (χ4v) is 2.81. The van der Waals surface area contributed by atoms with E-state index in [0.717, 1.165) is 28.4 Å². The van der Waals surface area contributed by atoms with E-state index >= 15 is 0 Å². The number of hydrogen-bond donors (Lipinski definition) is 0. The van der Waals surface area contributed by atoms with Crippen LogP contribution in [0.2, 0.25) is 0 Å². The number of rotatable bonds is 0. The molecular formula is C8H7BrNOS+. The summed E-state index contributed by atoms with van der Waals surface area (Å²) in [6.07, 6.45) is 1.75. The highest BCUT2D eigenvalue weighted by atomic mass is 79.9. The van der Waals surface area contributed by atoms with E-state index in [1.165, 1.54) is 11.4 Å². The van der Waals surface area contributed by atoms with Crippen molar-refractivity contribution in [2.75, 3.05) is 0 Å². The third-order valence-corrected chi connectivity index (χ3v) is 3.73. The lowest BCUT2D eigenvalue weighted by molar-refractivity contribution is -0.112. The Bertz CT molecular complexity index is 332. The van der Waals surface area contributed by atoms with Crippen molar-refractivity contribution in [1.82, 2.24) is 0 Å². The van der Waals surface area contributed by atoms with Crippen LogP contribution in [-0.2, 0) is 16.1 Å². The molecule has 0 saturated heterocycles. The predicted octanol–water partition coefficient (Wildman–Crippen LogP) is 1.29. The van der Waals surface area contributed by atoms with Gasteiger partial charge in [0, 0.05) is 0 Å². The van der Waals surface area contributed by atoms with Crippen molar-refractivity contribution in [2.45, 2.75) is 17.7 Å². The fourth-order valence-electron chi connectivity index (χ4n) is 1.30. The van der Waals surface area contributed by atoms with Crippen LogP contribution < -0.4 is 0 Å². The average molecular weight is 245 g/mol. The number of aliphatic imine (C=N–C) groups is 1. The van der Waals surface area contributed by atoms with Crippen LogP contribution in [0.4, 0.5) is 0 Å². The summed E-state index contributed by atoms with van der Waals surface area (Å²) >= 11 is 4.74. The van der Waals surface area contributed by atoms with E-state index in [9.17, 15) is 4.79 Å². The van der Waals surface area contributed by atoms with E-state index in [2.05, 4.69) is 27.5 Å². The smallest absolute Gasteiger partial charge is 0.287 e. The molecule has 0 radical (unpaired) electrons. The van der Waals surface area contributed by atoms with E-state index in [1.807, 2.05) is 0 Å². The Balaban J connectivity index is 2.40. The molecule has 0 bridgehead atoms. The molecule has 1 unspecified atom stereocenters. The van der Waals surface area contributed by atoms with Gasteiger partial charge in [-0.2, -0.15) is 4.99 Å². The minimum atomic E-state index is -0.00940. The summed E-state index contributed by atoms with van der Waals surface area (Å²) in [4.78, 5) is 16.5. The minimum absolute atomic E-state index is 0.00940. The Kier molecular flexibility index (Phi) is 1.96. The highest BCUT2D eigenvalue weighted by Gasteiger charge is 2.41. The summed E-state index contributed by atoms with van der Waals surface area (Å²) in [5.74, 6) is 0.170. The Morgan fingerprint density at radius 1 is 1.67 bits per heavy atom. The minimum Gasteiger partial charge on any atom is -0.287 e. The van der Waals surface area contributed by atoms with Crippen molar-refractivity contribution in [3.8, 4) is 0 Å². The van der Waals surface area contributed by atoms with Crippen LogP contribution >= 0.6 is 15.9 Å². The van der Waals surface area contributed by atoms with Crippen LogP contribution in [0, 0.1) is 0 Å². The van der Waals surface area contributed by atoms with Crippen molar-refractivity contribution in [3.05, 3.63) is 11.6 Å². The van der Waals surface area contributed by atoms with Crippen LogP contribution in [0.25, 0.3) is 0 Å². The third kappa shape index (κ3) is 1.19. The van der Waals surface area contributed by atoms with Crippen molar-refractivity contribution in [2.24, 2.45) is 4.99 Å². The highest BCUT2D eigenvalue weighted by molar-refractivity contribution is 9.10. The van der Waals surface area contributed by atoms with Crippen molar-refractivity contribution in [3.63, 3.8) is 0 Å². The maximum Gasteiger partial charge on any atom is 0.317 e. The molecule has 2 nitrogen and oxygen atoms in total. The normalized spacial score (nSPS) is 28.2. The Morgan fingerprint density at radius 3 is 3.17 bits per heavy atom. The lowest BCUT2D eigenvalue weighted by Gasteiger charge is -2.10. The first-order valence-corrected chi connectivity index (χ1v) is 5.41. The molecule has 0 spiro atoms. The molecular weight excluding hydrogens is 238 g/mol. The first kappa shape index (κ1) is 8.26. The largest absolute Gasteiger partial charge is 0.317 e. The zero-order valence-electron chi connectivity index (χ0n) is 6.34. The van der Waals surface area contributed by atoms with Crippen molar-refractivity contribution >= 4 is 43.6 Å². The molecule has 12 heavy (non-hydrogen) atoms. The molecule has 4 heteroatoms. The third-order valence-electron chi connectivity index (χ3n) is 1.88. The SMILES string of the molecule is C=C1N=C2CCC(Br)C(=O)C2=[S+]1. The van der Waals surface area contributed by atoms with E-state index in [0.29, 0.717) is 0 Å². The summed E-state index contributed by atoms with van der Waals surface area (Å²) in [7, 11) is 0. The number of carbonyl (C=O) groups is 1. The first-order valence-electron chi connectivity index (χ1n) is 3.68. The molecule has 62 valence electrons. The van der Waals surface area contributed by atoms with Gasteiger partial charge in [0.15, 0.2) is 0 Å². The first-order chi connectivity index (χ1) is 5.68. The molecule has 1 fully saturated rings. The van der Waals surface area contributed by atoms with Gasteiger partial charge in [-0.25, -0.2) is 0 Å². The molecule has 1 atom stereocenters. The zero-order valence-corrected chi connectivity index (χ0v) is 8.74. The maximum atomic E-state index is 11.5. The predicted molar refractivity (Wildman–Crippen MR) is 55.9 cm³/mol. The highest BCUT2D eigenvalue weighted by Crippen LogP contribution is 2.22. The van der Waals surface area contributed by atoms with Gasteiger partial charge in [0.2, 0.25) is 5.78 Å². The second-order valence-corrected chi connectivity index (χ2v) is 4.94. The van der Waals surface area contributed by atoms with Crippen molar-refractivity contribution < 1.29 is 4.79 Å². The lowest BCUT2D eigenvalue weighted by Crippen LogP contribution is -2.35. The van der Waals surface area contributed by atoms with Gasteiger partial charge in [-0.15, -0.1) is 0 Å². The average Bonchev–Trinajstić information content (AvgIpc) is 2.39. The van der Waals surface area contributed by atoms with Gasteiger partial charge in [0.25, 0.3) is 16.2 Å². The summed E-state index contributed by atoms with van der Waals surface area (Å²) in [6, 6.07) is 0. The Morgan fingerprint density at radius 2 is 2.42 bits per heavy atom. The summed E-state index contributed by atoms with van der Waals surface area (Å²) in [5, 5.41) is 0.745. The van der Waals surface area contributed by atoms with E-state index in [1.54, 1.807) is 0 Å². The monoisotopic (exact) mass is 244 g/mol. The molecule has 1 aliphatic heterocycles. The summed E-state index contributed by atoms with van der Waals surface area (Å²) in [6.45, 7) is 3.72. The van der Waals surface area contributed by atoms with Gasteiger partial charge in [0.05, 0.1) is 4.83 Å². The van der Waals surface area contributed by atoms with Gasteiger partial charge in [-0.3, -0.25) is 4.79 Å². The lowest BCUT2D eigenvalue weighted by atomic mass is 9.97. The van der Waals surface area contributed by atoms with Crippen LogP contribution in [0.3, 0.4) is 0 Å². The second-order valence-electron chi connectivity index (χ2n) is 2.75. The molecule has 2 rings (SSSR count). The molecule has 0 amide bonds. The van der Waals surface area contributed by atoms with E-state index in [4.69, 9.17) is 0 Å². The topological polar surface area (TPSA) is 29.4 Å². The van der Waals surface area contributed by atoms with Gasteiger partial charge in [-0.1, -0.05) is 15.9 Å². The molecule has 2 aliphatic rings. The number of fused-ring (bicyclic) bond motifs is 1. The molecule has 1 aliphatic carbocycles. The number of Topliss-reactive ketones (excluding diaryl/α,β-unsaturated/α-hetero) is 1. The van der Waals surface area contributed by atoms with Gasteiger partial charge in [-0.05, 0) is 19.4 Å². The maximum absolute atomic E-state index is 11.5. The van der Waals surface area contributed by atoms with E-state index < -0.39 is 0 Å². The Labute approximate surface area is 82.8 Å². The number of halogens is 1. The number of nitrogens with zero attached hydrogens (tertiary/aromatic N) is 1. The van der Waals surface area contributed by atoms with Crippen molar-refractivity contribution in [1.29, 1.82) is 0 Å². The van der Waals surface area contributed by atoms with Gasteiger partial charge < -0.3 is 0 Å². The summed E-state index contributed by atoms with van der Waals surface area (Å²) < 4.78 is 0. The second kappa shape index (κ2) is 2.85. The fraction of sp³-hybridized carbons (Fsp3) is 0.375. The van der Waals surface area contributed by atoms with Gasteiger partial charge in [0.1, 0.15) is 5.71 Å². The number of carbonyl (C=O) groups excluding carboxylic acids is 1. The summed E-state index contributed by atoms with van der Waals surface area (Å²) in [5.41, 5.74) is 0.936. The molecule has 1 heterocycles. The Hall–Kier alpha value is -0.350. The van der Waals surface area contributed by atoms with Gasteiger partial charge >= 0.3 is 5.03 Å². The van der Waals surface area contributed by atoms with E-state index in [-0.39, 0.29) is 10.6 Å². The molecule has 0 aromatic carbocycles. The van der Waals surface area contributed by atoms with Crippen LogP contribution in [0.15, 0.2) is 16.6 Å². The van der Waals surface area contributed by atoms with Crippen LogP contribution in [-0.4, -0.2) is 21.2 Å². The molecule has 0 aromatic rings. The standard InChI is InChI=1S/C8H7BrNOS/c1-4-10-6-3-2-5(9)7(11)8(6)12-4/h5H,1-3H2/q+1. The zero-order chi connectivity index (χ0) is 8.72. The molecule has 0 N–H and O–H groups in total. The number of alkyl halides is 1. The quantitative estimate of drug-likeness (QED) is 0.359. The van der Waals surface area contributed by atoms with Crippen LogP contribution in [0.1, 0.15) is 12.8 Å². The molecule has 0 aromatic heterocycles.